The van der Waals surface area contributed by atoms with Crippen LogP contribution in [0.4, 0.5) is 0 Å². The van der Waals surface area contributed by atoms with Gasteiger partial charge in [0.05, 0.1) is 23.4 Å². The van der Waals surface area contributed by atoms with Crippen LogP contribution in [0.5, 0.6) is 17.2 Å². The third kappa shape index (κ3) is 2.92. The molecule has 0 bridgehead atoms. The molecule has 5 rings (SSSR count). The number of dihydropyridines is 1. The Balaban J connectivity index is 1.75. The van der Waals surface area contributed by atoms with Crippen LogP contribution in [0.3, 0.4) is 0 Å². The number of rotatable bonds is 2. The fourth-order valence-corrected chi connectivity index (χ4v) is 4.16. The van der Waals surface area contributed by atoms with Crippen LogP contribution in [0.25, 0.3) is 0 Å². The first-order chi connectivity index (χ1) is 15.0. The van der Waals surface area contributed by atoms with E-state index in [1.54, 1.807) is 17.2 Å². The van der Waals surface area contributed by atoms with Gasteiger partial charge in [0.1, 0.15) is 22.9 Å². The number of ketones is 2. The molecule has 0 unspecified atom stereocenters. The van der Waals surface area contributed by atoms with Crippen molar-refractivity contribution < 1.29 is 24.5 Å². The van der Waals surface area contributed by atoms with Gasteiger partial charge in [0.15, 0.2) is 0 Å². The van der Waals surface area contributed by atoms with E-state index in [2.05, 4.69) is 4.99 Å². The molecule has 156 valence electrons. The Bertz CT molecular complexity index is 1240. The van der Waals surface area contributed by atoms with Gasteiger partial charge in [0.25, 0.3) is 0 Å². The van der Waals surface area contributed by atoms with Gasteiger partial charge in [0.2, 0.25) is 17.3 Å². The van der Waals surface area contributed by atoms with Crippen LogP contribution in [0.15, 0.2) is 58.6 Å². The van der Waals surface area contributed by atoms with Crippen molar-refractivity contribution in [2.45, 2.75) is 26.3 Å². The Morgan fingerprint density at radius 3 is 2.48 bits per heavy atom. The van der Waals surface area contributed by atoms with E-state index in [1.165, 1.54) is 12.1 Å². The van der Waals surface area contributed by atoms with E-state index in [4.69, 9.17) is 4.74 Å². The lowest BCUT2D eigenvalue weighted by Gasteiger charge is -2.30. The molecular formula is C24H20N2O5. The maximum atomic E-state index is 13.6. The highest BCUT2D eigenvalue weighted by molar-refractivity contribution is 6.28. The van der Waals surface area contributed by atoms with E-state index in [1.807, 2.05) is 25.1 Å². The zero-order chi connectivity index (χ0) is 21.7. The van der Waals surface area contributed by atoms with Gasteiger partial charge >= 0.3 is 0 Å². The van der Waals surface area contributed by atoms with E-state index >= 15 is 0 Å². The van der Waals surface area contributed by atoms with Gasteiger partial charge in [-0.1, -0.05) is 25.1 Å². The summed E-state index contributed by atoms with van der Waals surface area (Å²) in [6.07, 6.45) is 5.17. The molecule has 0 amide bonds. The molecule has 2 heterocycles. The maximum absolute atomic E-state index is 13.6. The van der Waals surface area contributed by atoms with E-state index in [0.717, 1.165) is 17.5 Å². The molecule has 0 aromatic heterocycles. The van der Waals surface area contributed by atoms with Crippen LogP contribution in [-0.4, -0.2) is 39.4 Å². The highest BCUT2D eigenvalue weighted by atomic mass is 16.5. The van der Waals surface area contributed by atoms with Gasteiger partial charge in [-0.3, -0.25) is 14.6 Å². The van der Waals surface area contributed by atoms with Gasteiger partial charge < -0.3 is 19.8 Å². The lowest BCUT2D eigenvalue weighted by molar-refractivity contribution is 0.0910. The molecule has 2 aromatic carbocycles. The largest absolute Gasteiger partial charge is 0.507 e. The summed E-state index contributed by atoms with van der Waals surface area (Å²) in [7, 11) is 0. The van der Waals surface area contributed by atoms with Crippen LogP contribution >= 0.6 is 0 Å². The average Bonchev–Trinajstić information content (AvgIpc) is 2.96. The molecule has 3 aliphatic rings. The normalized spacial score (nSPS) is 17.5. The number of benzene rings is 2. The lowest BCUT2D eigenvalue weighted by Crippen LogP contribution is -2.34. The quantitative estimate of drug-likeness (QED) is 0.727. The third-order valence-electron chi connectivity index (χ3n) is 5.74. The van der Waals surface area contributed by atoms with Crippen molar-refractivity contribution in [3.63, 3.8) is 0 Å². The third-order valence-corrected chi connectivity index (χ3v) is 5.74. The molecular weight excluding hydrogens is 396 g/mol. The number of phenolic OH excluding ortho intramolecular Hbond substituents is 2. The van der Waals surface area contributed by atoms with Crippen molar-refractivity contribution in [3.05, 3.63) is 75.8 Å². The van der Waals surface area contributed by atoms with E-state index in [0.29, 0.717) is 31.0 Å². The minimum absolute atomic E-state index is 0.0345. The number of ether oxygens (including phenoxy) is 1. The van der Waals surface area contributed by atoms with Crippen LogP contribution in [-0.2, 0) is 13.0 Å². The number of phenols is 2. The summed E-state index contributed by atoms with van der Waals surface area (Å²) in [6, 6.07) is 8.11. The number of aryl methyl sites for hydroxylation is 1. The highest BCUT2D eigenvalue weighted by Crippen LogP contribution is 2.42. The number of nitrogens with zero attached hydrogens (tertiary/aromatic N) is 2. The van der Waals surface area contributed by atoms with Crippen molar-refractivity contribution in [1.82, 2.24) is 4.90 Å². The first-order valence-corrected chi connectivity index (χ1v) is 10.2. The molecule has 31 heavy (non-hydrogen) atoms. The van der Waals surface area contributed by atoms with Gasteiger partial charge in [-0.15, -0.1) is 0 Å². The van der Waals surface area contributed by atoms with Crippen LogP contribution < -0.4 is 4.74 Å². The molecule has 0 spiro atoms. The number of carbonyl (C=O) groups excluding carboxylic acids is 2. The Hall–Kier alpha value is -3.87. The van der Waals surface area contributed by atoms with Gasteiger partial charge in [-0.05, 0) is 36.6 Å². The number of hydrogen-bond acceptors (Lipinski definition) is 7. The second kappa shape index (κ2) is 7.12. The van der Waals surface area contributed by atoms with Gasteiger partial charge in [0, 0.05) is 18.3 Å². The number of aliphatic imine (C=N–C) groups is 1. The molecule has 2 aliphatic heterocycles. The molecule has 1 aliphatic carbocycles. The van der Waals surface area contributed by atoms with Crippen LogP contribution in [0.1, 0.15) is 45.2 Å². The van der Waals surface area contributed by atoms with Crippen molar-refractivity contribution in [2.24, 2.45) is 4.99 Å². The molecule has 7 heteroatoms. The van der Waals surface area contributed by atoms with Crippen molar-refractivity contribution in [2.75, 3.05) is 6.54 Å². The van der Waals surface area contributed by atoms with Gasteiger partial charge in [-0.2, -0.15) is 0 Å². The molecule has 7 nitrogen and oxygen atoms in total. The minimum Gasteiger partial charge on any atom is -0.507 e. The summed E-state index contributed by atoms with van der Waals surface area (Å²) in [5.74, 6) is -1.66. The summed E-state index contributed by atoms with van der Waals surface area (Å²) < 4.78 is 6.02. The standard InChI is InChI=1S/C24H20N2O5/c1-2-13-5-8-18-14(10-13)12-26(15-4-3-9-25-11-15)21-22(29)19-16(27)6-7-17(28)20(19)23(30)24(21)31-18/h4-8,10-11,27-28H,2-3,9,12H2,1H3. The summed E-state index contributed by atoms with van der Waals surface area (Å²) in [6.45, 7) is 3.00. The van der Waals surface area contributed by atoms with E-state index < -0.39 is 11.6 Å². The average molecular weight is 416 g/mol. The molecule has 0 radical (unpaired) electrons. The van der Waals surface area contributed by atoms with Crippen molar-refractivity contribution in [1.29, 1.82) is 0 Å². The first-order valence-electron chi connectivity index (χ1n) is 10.2. The number of carbonyl (C=O) groups is 2. The zero-order valence-electron chi connectivity index (χ0n) is 16.9. The van der Waals surface area contributed by atoms with E-state index in [-0.39, 0.29) is 34.1 Å². The lowest BCUT2D eigenvalue weighted by atomic mass is 9.89. The second-order valence-corrected chi connectivity index (χ2v) is 7.63. The Morgan fingerprint density at radius 2 is 1.81 bits per heavy atom. The molecule has 2 aromatic rings. The van der Waals surface area contributed by atoms with Crippen LogP contribution in [0.2, 0.25) is 0 Å². The molecule has 0 atom stereocenters. The summed E-state index contributed by atoms with van der Waals surface area (Å²) in [4.78, 5) is 33.0. The topological polar surface area (TPSA) is 99.4 Å². The van der Waals surface area contributed by atoms with Crippen LogP contribution in [0, 0.1) is 0 Å². The highest BCUT2D eigenvalue weighted by Gasteiger charge is 2.43. The zero-order valence-corrected chi connectivity index (χ0v) is 16.9. The maximum Gasteiger partial charge on any atom is 0.235 e. The molecule has 0 saturated carbocycles. The minimum atomic E-state index is -0.649. The number of aromatic hydroxyl groups is 2. The number of hydrogen-bond donors (Lipinski definition) is 2. The Labute approximate surface area is 178 Å². The second-order valence-electron chi connectivity index (χ2n) is 7.63. The van der Waals surface area contributed by atoms with Gasteiger partial charge in [-0.25, -0.2) is 0 Å². The summed E-state index contributed by atoms with van der Waals surface area (Å²) in [5, 5.41) is 20.7. The number of fused-ring (bicyclic) bond motifs is 2. The monoisotopic (exact) mass is 416 g/mol. The van der Waals surface area contributed by atoms with Crippen molar-refractivity contribution >= 4 is 17.8 Å². The SMILES string of the molecule is CCc1ccc2c(c1)CN(C1=CCCN=C1)C1=C(O2)C(=O)c2c(O)ccc(O)c2C1=O. The number of Topliss-reactive ketones (excluding diaryl/α,β-unsaturated/α-hetero) is 2. The van der Waals surface area contributed by atoms with Crippen molar-refractivity contribution in [3.8, 4) is 17.2 Å². The smallest absolute Gasteiger partial charge is 0.235 e. The fourth-order valence-electron chi connectivity index (χ4n) is 4.16. The Morgan fingerprint density at radius 1 is 1.06 bits per heavy atom. The number of allylic oxidation sites excluding steroid dienone is 3. The first kappa shape index (κ1) is 19.1. The predicted octanol–water partition coefficient (Wildman–Crippen LogP) is 3.50. The molecule has 0 fully saturated rings. The Kier molecular flexibility index (Phi) is 4.39. The molecule has 2 N–H and O–H groups in total. The fraction of sp³-hybridized carbons (Fsp3) is 0.208. The molecule has 0 saturated heterocycles. The summed E-state index contributed by atoms with van der Waals surface area (Å²) >= 11 is 0. The van der Waals surface area contributed by atoms with E-state index in [9.17, 15) is 19.8 Å². The summed E-state index contributed by atoms with van der Waals surface area (Å²) in [5.41, 5.74) is 2.18. The predicted molar refractivity (Wildman–Crippen MR) is 114 cm³/mol.